The summed E-state index contributed by atoms with van der Waals surface area (Å²) in [6.45, 7) is 3.81. The van der Waals surface area contributed by atoms with Crippen LogP contribution in [-0.4, -0.2) is 16.5 Å². The topological polar surface area (TPSA) is 49.8 Å². The van der Waals surface area contributed by atoms with Crippen LogP contribution in [-0.2, 0) is 6.54 Å². The number of nitrogens with one attached hydrogen (secondary N) is 2. The lowest BCUT2D eigenvalue weighted by Crippen LogP contribution is -2.07. The zero-order valence-corrected chi connectivity index (χ0v) is 14.4. The van der Waals surface area contributed by atoms with Crippen LogP contribution in [0, 0.1) is 6.92 Å². The summed E-state index contributed by atoms with van der Waals surface area (Å²) in [5.74, 6) is 1.74. The Labute approximate surface area is 144 Å². The SMILES string of the molecule is Cc1cccc(CNc2cc(NCCC3=CCCCC3)ncn2)c1. The molecule has 126 valence electrons. The van der Waals surface area contributed by atoms with Gasteiger partial charge in [0.25, 0.3) is 0 Å². The van der Waals surface area contributed by atoms with E-state index in [0.717, 1.165) is 31.1 Å². The summed E-state index contributed by atoms with van der Waals surface area (Å²) in [5.41, 5.74) is 4.12. The Kier molecular flexibility index (Phi) is 5.83. The van der Waals surface area contributed by atoms with E-state index in [0.29, 0.717) is 0 Å². The van der Waals surface area contributed by atoms with Crippen molar-refractivity contribution in [1.82, 2.24) is 9.97 Å². The van der Waals surface area contributed by atoms with Crippen LogP contribution >= 0.6 is 0 Å². The predicted octanol–water partition coefficient (Wildman–Crippen LogP) is 4.70. The van der Waals surface area contributed by atoms with Gasteiger partial charge in [-0.2, -0.15) is 0 Å². The number of rotatable bonds is 7. The number of allylic oxidation sites excluding steroid dienone is 1. The second kappa shape index (κ2) is 8.48. The molecule has 24 heavy (non-hydrogen) atoms. The van der Waals surface area contributed by atoms with Crippen LogP contribution in [0.1, 0.15) is 43.2 Å². The number of nitrogens with zero attached hydrogens (tertiary/aromatic N) is 2. The van der Waals surface area contributed by atoms with Gasteiger partial charge in [-0.05, 0) is 44.6 Å². The number of hydrogen-bond acceptors (Lipinski definition) is 4. The third kappa shape index (κ3) is 5.08. The van der Waals surface area contributed by atoms with E-state index < -0.39 is 0 Å². The van der Waals surface area contributed by atoms with E-state index in [1.165, 1.54) is 36.8 Å². The van der Waals surface area contributed by atoms with Crippen LogP contribution in [0.4, 0.5) is 11.6 Å². The summed E-state index contributed by atoms with van der Waals surface area (Å²) in [7, 11) is 0. The Morgan fingerprint density at radius 3 is 2.71 bits per heavy atom. The first-order valence-corrected chi connectivity index (χ1v) is 8.83. The molecule has 0 amide bonds. The molecule has 1 heterocycles. The minimum Gasteiger partial charge on any atom is -0.370 e. The van der Waals surface area contributed by atoms with Gasteiger partial charge in [-0.15, -0.1) is 0 Å². The maximum atomic E-state index is 4.31. The van der Waals surface area contributed by atoms with Crippen LogP contribution in [0.5, 0.6) is 0 Å². The van der Waals surface area contributed by atoms with E-state index in [9.17, 15) is 0 Å². The van der Waals surface area contributed by atoms with Crippen LogP contribution in [0.2, 0.25) is 0 Å². The standard InChI is InChI=1S/C20H26N4/c1-16-6-5-9-18(12-16)14-22-20-13-19(23-15-24-20)21-11-10-17-7-3-2-4-8-17/h5-7,9,12-13,15H,2-4,8,10-11,14H2,1H3,(H2,21,22,23,24). The normalized spacial score (nSPS) is 14.1. The van der Waals surface area contributed by atoms with E-state index in [4.69, 9.17) is 0 Å². The highest BCUT2D eigenvalue weighted by molar-refractivity contribution is 5.46. The van der Waals surface area contributed by atoms with Gasteiger partial charge >= 0.3 is 0 Å². The molecule has 1 aliphatic carbocycles. The fraction of sp³-hybridized carbons (Fsp3) is 0.400. The molecule has 0 saturated heterocycles. The Hall–Kier alpha value is -2.36. The summed E-state index contributed by atoms with van der Waals surface area (Å²) in [4.78, 5) is 8.61. The molecule has 2 N–H and O–H groups in total. The van der Waals surface area contributed by atoms with Crippen molar-refractivity contribution in [2.75, 3.05) is 17.2 Å². The fourth-order valence-electron chi connectivity index (χ4n) is 3.05. The second-order valence-electron chi connectivity index (χ2n) is 6.42. The molecule has 0 atom stereocenters. The molecule has 0 saturated carbocycles. The molecular weight excluding hydrogens is 296 g/mol. The molecule has 1 aromatic heterocycles. The molecule has 0 aliphatic heterocycles. The Morgan fingerprint density at radius 2 is 1.92 bits per heavy atom. The van der Waals surface area contributed by atoms with Gasteiger partial charge in [0.15, 0.2) is 0 Å². The van der Waals surface area contributed by atoms with Crippen molar-refractivity contribution in [3.8, 4) is 0 Å². The third-order valence-corrected chi connectivity index (χ3v) is 4.36. The molecule has 0 bridgehead atoms. The molecule has 0 radical (unpaired) electrons. The molecule has 0 fully saturated rings. The first-order valence-electron chi connectivity index (χ1n) is 8.83. The lowest BCUT2D eigenvalue weighted by Gasteiger charge is -2.13. The average Bonchev–Trinajstić information content (AvgIpc) is 2.61. The summed E-state index contributed by atoms with van der Waals surface area (Å²) >= 11 is 0. The van der Waals surface area contributed by atoms with Gasteiger partial charge in [-0.1, -0.05) is 41.5 Å². The second-order valence-corrected chi connectivity index (χ2v) is 6.42. The van der Waals surface area contributed by atoms with Crippen molar-refractivity contribution in [2.45, 2.75) is 45.6 Å². The molecule has 0 spiro atoms. The third-order valence-electron chi connectivity index (χ3n) is 4.36. The zero-order chi connectivity index (χ0) is 16.6. The highest BCUT2D eigenvalue weighted by Crippen LogP contribution is 2.20. The average molecular weight is 322 g/mol. The van der Waals surface area contributed by atoms with E-state index in [1.807, 2.05) is 6.07 Å². The minimum absolute atomic E-state index is 0.769. The van der Waals surface area contributed by atoms with Gasteiger partial charge in [-0.25, -0.2) is 9.97 Å². The summed E-state index contributed by atoms with van der Waals surface area (Å²) < 4.78 is 0. The van der Waals surface area contributed by atoms with Gasteiger partial charge in [0, 0.05) is 19.2 Å². The molecule has 2 aromatic rings. The molecule has 4 nitrogen and oxygen atoms in total. The van der Waals surface area contributed by atoms with E-state index in [-0.39, 0.29) is 0 Å². The maximum absolute atomic E-state index is 4.31. The van der Waals surface area contributed by atoms with Crippen molar-refractivity contribution in [1.29, 1.82) is 0 Å². The number of aromatic nitrogens is 2. The molecular formula is C20H26N4. The van der Waals surface area contributed by atoms with Crippen molar-refractivity contribution in [2.24, 2.45) is 0 Å². The van der Waals surface area contributed by atoms with Crippen molar-refractivity contribution < 1.29 is 0 Å². The van der Waals surface area contributed by atoms with E-state index in [1.54, 1.807) is 11.9 Å². The Bertz CT molecular complexity index is 694. The first-order chi connectivity index (χ1) is 11.8. The minimum atomic E-state index is 0.769. The zero-order valence-electron chi connectivity index (χ0n) is 14.4. The lowest BCUT2D eigenvalue weighted by atomic mass is 9.97. The number of aryl methyl sites for hydroxylation is 1. The van der Waals surface area contributed by atoms with Gasteiger partial charge in [0.05, 0.1) is 0 Å². The molecule has 4 heteroatoms. The molecule has 0 unspecified atom stereocenters. The molecule has 1 aromatic carbocycles. The number of hydrogen-bond donors (Lipinski definition) is 2. The summed E-state index contributed by atoms with van der Waals surface area (Å²) in [6.07, 6.45) is 10.3. The van der Waals surface area contributed by atoms with Crippen molar-refractivity contribution in [3.05, 3.63) is 59.4 Å². The van der Waals surface area contributed by atoms with Crippen LogP contribution in [0.15, 0.2) is 48.3 Å². The molecule has 1 aliphatic rings. The quantitative estimate of drug-likeness (QED) is 0.726. The Morgan fingerprint density at radius 1 is 1.04 bits per heavy atom. The lowest BCUT2D eigenvalue weighted by molar-refractivity contribution is 0.679. The largest absolute Gasteiger partial charge is 0.370 e. The van der Waals surface area contributed by atoms with Gasteiger partial charge < -0.3 is 10.6 Å². The number of benzene rings is 1. The Balaban J connectivity index is 1.49. The van der Waals surface area contributed by atoms with E-state index in [2.05, 4.69) is 57.9 Å². The predicted molar refractivity (Wildman–Crippen MR) is 100 cm³/mol. The first kappa shape index (κ1) is 16.5. The van der Waals surface area contributed by atoms with Gasteiger partial charge in [-0.3, -0.25) is 0 Å². The maximum Gasteiger partial charge on any atom is 0.131 e. The van der Waals surface area contributed by atoms with Crippen LogP contribution in [0.25, 0.3) is 0 Å². The summed E-state index contributed by atoms with van der Waals surface area (Å²) in [5, 5.41) is 6.77. The fourth-order valence-corrected chi connectivity index (χ4v) is 3.05. The van der Waals surface area contributed by atoms with E-state index >= 15 is 0 Å². The van der Waals surface area contributed by atoms with Crippen LogP contribution < -0.4 is 10.6 Å². The number of anilines is 2. The molecule has 3 rings (SSSR count). The monoisotopic (exact) mass is 322 g/mol. The highest BCUT2D eigenvalue weighted by Gasteiger charge is 2.04. The van der Waals surface area contributed by atoms with Gasteiger partial charge in [0.1, 0.15) is 18.0 Å². The highest BCUT2D eigenvalue weighted by atomic mass is 15.1. The van der Waals surface area contributed by atoms with Gasteiger partial charge in [0.2, 0.25) is 0 Å². The van der Waals surface area contributed by atoms with Crippen molar-refractivity contribution in [3.63, 3.8) is 0 Å². The summed E-state index contributed by atoms with van der Waals surface area (Å²) in [6, 6.07) is 10.5. The van der Waals surface area contributed by atoms with Crippen LogP contribution in [0.3, 0.4) is 0 Å². The van der Waals surface area contributed by atoms with Crippen molar-refractivity contribution >= 4 is 11.6 Å². The smallest absolute Gasteiger partial charge is 0.131 e.